The molecule has 4 heteroatoms. The SMILES string of the molecule is CCC(C(=O)O)N1CC2C3CCC(O3)C2C1. The number of ether oxygens (including phenoxy) is 1. The predicted octanol–water partition coefficient (Wildman–Crippen LogP) is 0.959. The number of carbonyl (C=O) groups is 1. The highest BCUT2D eigenvalue weighted by Crippen LogP contribution is 2.47. The molecule has 16 heavy (non-hydrogen) atoms. The minimum Gasteiger partial charge on any atom is -0.480 e. The van der Waals surface area contributed by atoms with Gasteiger partial charge < -0.3 is 9.84 Å². The van der Waals surface area contributed by atoms with Crippen molar-refractivity contribution in [3.05, 3.63) is 0 Å². The van der Waals surface area contributed by atoms with Crippen LogP contribution in [0.3, 0.4) is 0 Å². The van der Waals surface area contributed by atoms with Crippen molar-refractivity contribution in [3.63, 3.8) is 0 Å². The lowest BCUT2D eigenvalue weighted by atomic mass is 9.82. The molecule has 90 valence electrons. The van der Waals surface area contributed by atoms with Crippen molar-refractivity contribution in [2.45, 2.75) is 44.4 Å². The molecule has 0 amide bonds. The number of carboxylic acid groups (broad SMARTS) is 1. The van der Waals surface area contributed by atoms with Gasteiger partial charge >= 0.3 is 5.97 Å². The molecule has 3 saturated heterocycles. The third-order valence-electron chi connectivity index (χ3n) is 4.59. The van der Waals surface area contributed by atoms with Crippen LogP contribution in [-0.4, -0.2) is 47.3 Å². The summed E-state index contributed by atoms with van der Waals surface area (Å²) in [6.07, 6.45) is 3.91. The normalized spacial score (nSPS) is 43.6. The molecule has 3 heterocycles. The highest BCUT2D eigenvalue weighted by Gasteiger charge is 2.54. The van der Waals surface area contributed by atoms with E-state index in [2.05, 4.69) is 4.90 Å². The summed E-state index contributed by atoms with van der Waals surface area (Å²) in [5, 5.41) is 9.17. The van der Waals surface area contributed by atoms with Gasteiger partial charge in [0.2, 0.25) is 0 Å². The van der Waals surface area contributed by atoms with Crippen molar-refractivity contribution in [1.29, 1.82) is 0 Å². The Balaban J connectivity index is 1.71. The Labute approximate surface area is 95.6 Å². The van der Waals surface area contributed by atoms with Crippen LogP contribution >= 0.6 is 0 Å². The zero-order valence-electron chi connectivity index (χ0n) is 9.63. The molecule has 2 bridgehead atoms. The van der Waals surface area contributed by atoms with Crippen molar-refractivity contribution < 1.29 is 14.6 Å². The third kappa shape index (κ3) is 1.39. The molecular formula is C12H19NO3. The van der Waals surface area contributed by atoms with Crippen LogP contribution in [0.4, 0.5) is 0 Å². The maximum absolute atomic E-state index is 11.1. The van der Waals surface area contributed by atoms with E-state index < -0.39 is 5.97 Å². The number of hydrogen-bond donors (Lipinski definition) is 1. The van der Waals surface area contributed by atoms with E-state index >= 15 is 0 Å². The summed E-state index contributed by atoms with van der Waals surface area (Å²) in [6, 6.07) is -0.287. The summed E-state index contributed by atoms with van der Waals surface area (Å²) < 4.78 is 5.89. The molecule has 0 radical (unpaired) electrons. The van der Waals surface area contributed by atoms with Crippen molar-refractivity contribution >= 4 is 5.97 Å². The Hall–Kier alpha value is -0.610. The first-order valence-corrected chi connectivity index (χ1v) is 6.33. The molecular weight excluding hydrogens is 206 g/mol. The van der Waals surface area contributed by atoms with Gasteiger partial charge in [-0.2, -0.15) is 0 Å². The summed E-state index contributed by atoms with van der Waals surface area (Å²) in [4.78, 5) is 13.3. The number of fused-ring (bicyclic) bond motifs is 5. The molecule has 0 aliphatic carbocycles. The number of hydrogen-bond acceptors (Lipinski definition) is 3. The lowest BCUT2D eigenvalue weighted by Gasteiger charge is -2.24. The average molecular weight is 225 g/mol. The fourth-order valence-electron chi connectivity index (χ4n) is 3.84. The van der Waals surface area contributed by atoms with E-state index in [0.717, 1.165) is 13.1 Å². The minimum atomic E-state index is -0.671. The second kappa shape index (κ2) is 3.70. The third-order valence-corrected chi connectivity index (χ3v) is 4.59. The second-order valence-electron chi connectivity index (χ2n) is 5.33. The first-order chi connectivity index (χ1) is 7.70. The van der Waals surface area contributed by atoms with Gasteiger partial charge in [0.25, 0.3) is 0 Å². The molecule has 0 aromatic heterocycles. The van der Waals surface area contributed by atoms with Gasteiger partial charge in [-0.15, -0.1) is 0 Å². The number of likely N-dealkylation sites (tertiary alicyclic amines) is 1. The number of rotatable bonds is 3. The van der Waals surface area contributed by atoms with Gasteiger partial charge in [0.15, 0.2) is 0 Å². The van der Waals surface area contributed by atoms with Gasteiger partial charge in [-0.3, -0.25) is 9.69 Å². The van der Waals surface area contributed by atoms with Crippen LogP contribution in [0, 0.1) is 11.8 Å². The van der Waals surface area contributed by atoms with Crippen LogP contribution in [-0.2, 0) is 9.53 Å². The molecule has 3 aliphatic rings. The minimum absolute atomic E-state index is 0.287. The quantitative estimate of drug-likeness (QED) is 0.777. The zero-order chi connectivity index (χ0) is 11.3. The lowest BCUT2D eigenvalue weighted by molar-refractivity contribution is -0.143. The monoisotopic (exact) mass is 225 g/mol. The van der Waals surface area contributed by atoms with Gasteiger partial charge in [0, 0.05) is 24.9 Å². The van der Waals surface area contributed by atoms with Crippen molar-refractivity contribution in [2.24, 2.45) is 11.8 Å². The van der Waals surface area contributed by atoms with E-state index in [1.54, 1.807) is 0 Å². The Morgan fingerprint density at radius 3 is 2.38 bits per heavy atom. The van der Waals surface area contributed by atoms with Gasteiger partial charge in [0.1, 0.15) is 6.04 Å². The Bertz CT molecular complexity index is 289. The molecule has 5 unspecified atom stereocenters. The smallest absolute Gasteiger partial charge is 0.320 e. The fourth-order valence-corrected chi connectivity index (χ4v) is 3.84. The molecule has 0 saturated carbocycles. The van der Waals surface area contributed by atoms with Crippen LogP contribution in [0.2, 0.25) is 0 Å². The maximum Gasteiger partial charge on any atom is 0.320 e. The van der Waals surface area contributed by atoms with Gasteiger partial charge in [0.05, 0.1) is 12.2 Å². The van der Waals surface area contributed by atoms with Crippen LogP contribution in [0.15, 0.2) is 0 Å². The first kappa shape index (κ1) is 10.5. The average Bonchev–Trinajstić information content (AvgIpc) is 2.88. The standard InChI is InChI=1S/C12H19NO3/c1-2-9(12(14)15)13-5-7-8(6-13)11-4-3-10(7)16-11/h7-11H,2-6H2,1H3,(H,14,15). The fraction of sp³-hybridized carbons (Fsp3) is 0.917. The van der Waals surface area contributed by atoms with E-state index in [1.807, 2.05) is 6.92 Å². The van der Waals surface area contributed by atoms with Crippen molar-refractivity contribution in [3.8, 4) is 0 Å². The van der Waals surface area contributed by atoms with Crippen molar-refractivity contribution in [2.75, 3.05) is 13.1 Å². The predicted molar refractivity (Wildman–Crippen MR) is 58.2 cm³/mol. The first-order valence-electron chi connectivity index (χ1n) is 6.33. The van der Waals surface area contributed by atoms with Gasteiger partial charge in [-0.05, 0) is 19.3 Å². The number of carboxylic acids is 1. The molecule has 0 aromatic rings. The maximum atomic E-state index is 11.1. The molecule has 1 N–H and O–H groups in total. The Kier molecular flexibility index (Phi) is 2.44. The molecule has 5 atom stereocenters. The zero-order valence-corrected chi connectivity index (χ0v) is 9.63. The van der Waals surface area contributed by atoms with Crippen LogP contribution in [0.5, 0.6) is 0 Å². The van der Waals surface area contributed by atoms with E-state index in [9.17, 15) is 9.90 Å². The second-order valence-corrected chi connectivity index (χ2v) is 5.33. The molecule has 0 spiro atoms. The van der Waals surface area contributed by atoms with Crippen LogP contribution < -0.4 is 0 Å². The molecule has 3 fully saturated rings. The number of aliphatic carboxylic acids is 1. The lowest BCUT2D eigenvalue weighted by Crippen LogP contribution is -2.40. The van der Waals surface area contributed by atoms with Crippen LogP contribution in [0.1, 0.15) is 26.2 Å². The van der Waals surface area contributed by atoms with E-state index in [4.69, 9.17) is 4.74 Å². The van der Waals surface area contributed by atoms with Gasteiger partial charge in [-0.1, -0.05) is 6.92 Å². The summed E-state index contributed by atoms with van der Waals surface area (Å²) in [5.41, 5.74) is 0. The van der Waals surface area contributed by atoms with Gasteiger partial charge in [-0.25, -0.2) is 0 Å². The summed E-state index contributed by atoms with van der Waals surface area (Å²) in [6.45, 7) is 3.81. The summed E-state index contributed by atoms with van der Waals surface area (Å²) in [7, 11) is 0. The van der Waals surface area contributed by atoms with E-state index in [1.165, 1.54) is 12.8 Å². The van der Waals surface area contributed by atoms with E-state index in [0.29, 0.717) is 30.5 Å². The summed E-state index contributed by atoms with van der Waals surface area (Å²) >= 11 is 0. The van der Waals surface area contributed by atoms with E-state index in [-0.39, 0.29) is 6.04 Å². The molecule has 0 aromatic carbocycles. The Morgan fingerprint density at radius 1 is 1.38 bits per heavy atom. The highest BCUT2D eigenvalue weighted by molar-refractivity contribution is 5.73. The highest BCUT2D eigenvalue weighted by atomic mass is 16.5. The Morgan fingerprint density at radius 2 is 1.94 bits per heavy atom. The molecule has 3 rings (SSSR count). The van der Waals surface area contributed by atoms with Crippen molar-refractivity contribution in [1.82, 2.24) is 4.90 Å². The largest absolute Gasteiger partial charge is 0.480 e. The van der Waals surface area contributed by atoms with Crippen LogP contribution in [0.25, 0.3) is 0 Å². The molecule has 4 nitrogen and oxygen atoms in total. The number of nitrogens with zero attached hydrogens (tertiary/aromatic N) is 1. The summed E-state index contributed by atoms with van der Waals surface area (Å²) in [5.74, 6) is 0.537. The molecule has 3 aliphatic heterocycles. The topological polar surface area (TPSA) is 49.8 Å².